The van der Waals surface area contributed by atoms with Crippen LogP contribution in [0.25, 0.3) is 0 Å². The number of carbonyl (C=O) groups is 2. The Bertz CT molecular complexity index is 1050. The zero-order valence-corrected chi connectivity index (χ0v) is 19.9. The van der Waals surface area contributed by atoms with E-state index in [0.29, 0.717) is 9.47 Å². The van der Waals surface area contributed by atoms with Gasteiger partial charge in [0.15, 0.2) is 4.34 Å². The van der Waals surface area contributed by atoms with Crippen molar-refractivity contribution in [3.05, 3.63) is 51.7 Å². The molecule has 0 atom stereocenters. The van der Waals surface area contributed by atoms with Crippen molar-refractivity contribution < 1.29 is 9.59 Å². The predicted molar refractivity (Wildman–Crippen MR) is 128 cm³/mol. The van der Waals surface area contributed by atoms with Gasteiger partial charge in [-0.3, -0.25) is 14.9 Å². The molecular weight excluding hydrogens is 448 g/mol. The summed E-state index contributed by atoms with van der Waals surface area (Å²) in [6, 6.07) is 10.00. The van der Waals surface area contributed by atoms with E-state index in [1.807, 2.05) is 43.5 Å². The Hall–Kier alpha value is -2.23. The molecule has 1 fully saturated rings. The van der Waals surface area contributed by atoms with Gasteiger partial charge in [-0.25, -0.2) is 0 Å². The third kappa shape index (κ3) is 5.16. The van der Waals surface area contributed by atoms with Crippen LogP contribution in [0.15, 0.2) is 40.1 Å². The van der Waals surface area contributed by atoms with Crippen molar-refractivity contribution in [1.82, 2.24) is 10.2 Å². The molecule has 31 heavy (non-hydrogen) atoms. The number of thioether (sulfide) groups is 1. The van der Waals surface area contributed by atoms with Crippen LogP contribution in [0.1, 0.15) is 41.7 Å². The minimum atomic E-state index is -0.459. The van der Waals surface area contributed by atoms with Gasteiger partial charge in [0.2, 0.25) is 16.9 Å². The Labute approximate surface area is 193 Å². The number of nitrogens with one attached hydrogen (secondary N) is 2. The number of aromatic nitrogens is 2. The Morgan fingerprint density at radius 1 is 1.10 bits per heavy atom. The zero-order chi connectivity index (χ0) is 21.8. The van der Waals surface area contributed by atoms with Crippen molar-refractivity contribution in [2.24, 2.45) is 0 Å². The highest BCUT2D eigenvalue weighted by atomic mass is 32.2. The fourth-order valence-corrected chi connectivity index (χ4v) is 6.55. The van der Waals surface area contributed by atoms with Gasteiger partial charge in [0.25, 0.3) is 0 Å². The molecule has 162 valence electrons. The van der Waals surface area contributed by atoms with Gasteiger partial charge >= 0.3 is 0 Å². The standard InChI is InChI=1S/C22H24N4O2S3/c1-14-10-15(2)12-16(11-14)23-18(27)13-30-21-26-25-20(31-21)24-19(28)22(7-3-4-8-22)17-6-5-9-29-17/h5-6,9-12H,3-4,7-8,13H2,1-2H3,(H,23,27)(H,24,25,28). The van der Waals surface area contributed by atoms with Crippen LogP contribution in [-0.4, -0.2) is 27.8 Å². The topological polar surface area (TPSA) is 84.0 Å². The smallest absolute Gasteiger partial charge is 0.237 e. The van der Waals surface area contributed by atoms with Crippen LogP contribution < -0.4 is 10.6 Å². The highest BCUT2D eigenvalue weighted by Gasteiger charge is 2.43. The third-order valence-corrected chi connectivity index (χ3v) is 8.39. The van der Waals surface area contributed by atoms with E-state index in [0.717, 1.165) is 47.4 Å². The molecule has 1 aliphatic carbocycles. The number of nitrogens with zero attached hydrogens (tertiary/aromatic N) is 2. The number of aryl methyl sites for hydroxylation is 2. The van der Waals surface area contributed by atoms with E-state index in [2.05, 4.69) is 26.9 Å². The quantitative estimate of drug-likeness (QED) is 0.355. The minimum Gasteiger partial charge on any atom is -0.325 e. The summed E-state index contributed by atoms with van der Waals surface area (Å²) >= 11 is 4.25. The number of anilines is 2. The summed E-state index contributed by atoms with van der Waals surface area (Å²) in [6.45, 7) is 4.01. The lowest BCUT2D eigenvalue weighted by molar-refractivity contribution is -0.121. The van der Waals surface area contributed by atoms with E-state index in [-0.39, 0.29) is 17.6 Å². The molecule has 6 nitrogen and oxygen atoms in total. The summed E-state index contributed by atoms with van der Waals surface area (Å²) in [5.74, 6) is 0.125. The van der Waals surface area contributed by atoms with E-state index < -0.39 is 5.41 Å². The molecule has 0 saturated heterocycles. The first kappa shape index (κ1) is 22.0. The van der Waals surface area contributed by atoms with E-state index in [1.165, 1.54) is 23.1 Å². The van der Waals surface area contributed by atoms with Gasteiger partial charge in [0.1, 0.15) is 0 Å². The molecule has 1 saturated carbocycles. The summed E-state index contributed by atoms with van der Waals surface area (Å²) in [5.41, 5.74) is 2.55. The van der Waals surface area contributed by atoms with Crippen molar-refractivity contribution in [2.45, 2.75) is 49.3 Å². The predicted octanol–water partition coefficient (Wildman–Crippen LogP) is 5.40. The Morgan fingerprint density at radius 3 is 2.52 bits per heavy atom. The van der Waals surface area contributed by atoms with Gasteiger partial charge in [0.05, 0.1) is 11.2 Å². The Morgan fingerprint density at radius 2 is 1.84 bits per heavy atom. The van der Waals surface area contributed by atoms with Crippen LogP contribution in [0.2, 0.25) is 0 Å². The SMILES string of the molecule is Cc1cc(C)cc(NC(=O)CSc2nnc(NC(=O)C3(c4cccs4)CCCC3)s2)c1. The molecule has 1 aliphatic rings. The second kappa shape index (κ2) is 9.50. The van der Waals surface area contributed by atoms with Crippen LogP contribution in [0.3, 0.4) is 0 Å². The fourth-order valence-electron chi connectivity index (χ4n) is 4.02. The van der Waals surface area contributed by atoms with Crippen LogP contribution in [0.4, 0.5) is 10.8 Å². The van der Waals surface area contributed by atoms with Crippen molar-refractivity contribution in [3.63, 3.8) is 0 Å². The lowest BCUT2D eigenvalue weighted by Gasteiger charge is -2.25. The monoisotopic (exact) mass is 472 g/mol. The maximum atomic E-state index is 13.1. The largest absolute Gasteiger partial charge is 0.325 e. The van der Waals surface area contributed by atoms with Crippen LogP contribution in [-0.2, 0) is 15.0 Å². The molecule has 0 radical (unpaired) electrons. The maximum absolute atomic E-state index is 13.1. The third-order valence-electron chi connectivity index (χ3n) is 5.34. The van der Waals surface area contributed by atoms with E-state index >= 15 is 0 Å². The van der Waals surface area contributed by atoms with Crippen molar-refractivity contribution in [3.8, 4) is 0 Å². The molecule has 4 rings (SSSR count). The Kier molecular flexibility index (Phi) is 6.74. The molecule has 0 unspecified atom stereocenters. The molecule has 0 bridgehead atoms. The zero-order valence-electron chi connectivity index (χ0n) is 17.4. The summed E-state index contributed by atoms with van der Waals surface area (Å²) in [5, 5.41) is 16.6. The van der Waals surface area contributed by atoms with Gasteiger partial charge in [-0.05, 0) is 61.4 Å². The van der Waals surface area contributed by atoms with Gasteiger partial charge in [-0.1, -0.05) is 48.1 Å². The summed E-state index contributed by atoms with van der Waals surface area (Å²) in [6.07, 6.45) is 3.83. The molecule has 3 aromatic rings. The van der Waals surface area contributed by atoms with E-state index in [9.17, 15) is 9.59 Å². The first-order valence-electron chi connectivity index (χ1n) is 10.1. The minimum absolute atomic E-state index is 0.00675. The van der Waals surface area contributed by atoms with Crippen molar-refractivity contribution in [1.29, 1.82) is 0 Å². The summed E-state index contributed by atoms with van der Waals surface area (Å²) < 4.78 is 0.655. The van der Waals surface area contributed by atoms with Crippen LogP contribution in [0, 0.1) is 13.8 Å². The normalized spacial score (nSPS) is 15.0. The number of amides is 2. The fraction of sp³-hybridized carbons (Fsp3) is 0.364. The lowest BCUT2D eigenvalue weighted by atomic mass is 9.83. The van der Waals surface area contributed by atoms with Gasteiger partial charge in [-0.2, -0.15) is 0 Å². The highest BCUT2D eigenvalue weighted by Crippen LogP contribution is 2.44. The molecule has 9 heteroatoms. The second-order valence-corrected chi connectivity index (χ2v) is 11.0. The number of hydrogen-bond acceptors (Lipinski definition) is 7. The van der Waals surface area contributed by atoms with Crippen molar-refractivity contribution in [2.75, 3.05) is 16.4 Å². The Balaban J connectivity index is 1.34. The molecule has 2 heterocycles. The average Bonchev–Trinajstić information content (AvgIpc) is 3.47. The molecular formula is C22H24N4O2S3. The number of benzene rings is 1. The summed E-state index contributed by atoms with van der Waals surface area (Å²) in [4.78, 5) is 26.5. The number of carbonyl (C=O) groups excluding carboxylic acids is 2. The van der Waals surface area contributed by atoms with Crippen LogP contribution in [0.5, 0.6) is 0 Å². The van der Waals surface area contributed by atoms with E-state index in [4.69, 9.17) is 0 Å². The van der Waals surface area contributed by atoms with Crippen LogP contribution >= 0.6 is 34.4 Å². The molecule has 0 spiro atoms. The molecule has 2 amide bonds. The van der Waals surface area contributed by atoms with E-state index in [1.54, 1.807) is 11.3 Å². The van der Waals surface area contributed by atoms with Gasteiger partial charge in [-0.15, -0.1) is 21.5 Å². The molecule has 2 aromatic heterocycles. The molecule has 2 N–H and O–H groups in total. The highest BCUT2D eigenvalue weighted by molar-refractivity contribution is 8.01. The number of thiophene rings is 1. The van der Waals surface area contributed by atoms with Gasteiger partial charge < -0.3 is 5.32 Å². The second-order valence-electron chi connectivity index (χ2n) is 7.81. The summed E-state index contributed by atoms with van der Waals surface area (Å²) in [7, 11) is 0. The van der Waals surface area contributed by atoms with Gasteiger partial charge in [0, 0.05) is 10.6 Å². The maximum Gasteiger partial charge on any atom is 0.237 e. The van der Waals surface area contributed by atoms with Crippen molar-refractivity contribution >= 4 is 57.1 Å². The number of hydrogen-bond donors (Lipinski definition) is 2. The lowest BCUT2D eigenvalue weighted by Crippen LogP contribution is -2.37. The number of rotatable bonds is 7. The molecule has 0 aliphatic heterocycles. The molecule has 1 aromatic carbocycles. The average molecular weight is 473 g/mol. The first-order valence-corrected chi connectivity index (χ1v) is 12.8. The first-order chi connectivity index (χ1) is 14.9.